The monoisotopic (exact) mass is 368 g/mol. The van der Waals surface area contributed by atoms with Gasteiger partial charge in [0.2, 0.25) is 10.0 Å². The number of hydrogen-bond donors (Lipinski definition) is 1. The highest BCUT2D eigenvalue weighted by Crippen LogP contribution is 2.27. The molecule has 0 fully saturated rings. The Morgan fingerprint density at radius 2 is 1.48 bits per heavy atom. The summed E-state index contributed by atoms with van der Waals surface area (Å²) in [5, 5.41) is 3.03. The number of nitrogens with one attached hydrogen (secondary N) is 1. The Kier molecular flexibility index (Phi) is 6.81. The molecule has 1 aromatic carbocycles. The molecule has 0 aliphatic rings. The quantitative estimate of drug-likeness (QED) is 0.799. The molecule has 6 heteroatoms. The number of amides is 1. The van der Waals surface area contributed by atoms with Crippen molar-refractivity contribution in [1.29, 1.82) is 0 Å². The summed E-state index contributed by atoms with van der Waals surface area (Å²) in [6, 6.07) is 6.14. The van der Waals surface area contributed by atoms with Gasteiger partial charge in [0.05, 0.1) is 4.90 Å². The summed E-state index contributed by atoms with van der Waals surface area (Å²) in [6.45, 7) is 14.8. The number of benzene rings is 1. The molecule has 0 saturated heterocycles. The molecule has 0 aromatic heterocycles. The Balaban J connectivity index is 2.94. The van der Waals surface area contributed by atoms with E-state index in [1.165, 1.54) is 16.4 Å². The minimum absolute atomic E-state index is 0.0957. The minimum atomic E-state index is -3.50. The SMILES string of the molecule is CCN(CC)S(=O)(=O)c1ccc(C(=O)NC(C)(C)CC(C)(C)C)cc1. The first-order chi connectivity index (χ1) is 11.3. The molecule has 0 bridgehead atoms. The third-order valence-corrected chi connectivity index (χ3v) is 5.95. The lowest BCUT2D eigenvalue weighted by Gasteiger charge is -2.33. The second kappa shape index (κ2) is 7.87. The fraction of sp³-hybridized carbons (Fsp3) is 0.632. The Hall–Kier alpha value is -1.40. The molecule has 0 atom stereocenters. The Morgan fingerprint density at radius 1 is 1.00 bits per heavy atom. The molecule has 0 spiro atoms. The number of sulfonamides is 1. The van der Waals surface area contributed by atoms with Gasteiger partial charge in [0.1, 0.15) is 0 Å². The van der Waals surface area contributed by atoms with Crippen LogP contribution in [0.4, 0.5) is 0 Å². The van der Waals surface area contributed by atoms with Crippen molar-refractivity contribution in [3.05, 3.63) is 29.8 Å². The maximum atomic E-state index is 12.5. The number of rotatable bonds is 7. The van der Waals surface area contributed by atoms with Gasteiger partial charge in [-0.25, -0.2) is 8.42 Å². The van der Waals surface area contributed by atoms with E-state index in [1.807, 2.05) is 13.8 Å². The number of carbonyl (C=O) groups excluding carboxylic acids is 1. The molecule has 1 rings (SSSR count). The minimum Gasteiger partial charge on any atom is -0.347 e. The maximum Gasteiger partial charge on any atom is 0.251 e. The van der Waals surface area contributed by atoms with Crippen molar-refractivity contribution < 1.29 is 13.2 Å². The van der Waals surface area contributed by atoms with Crippen molar-refractivity contribution in [3.8, 4) is 0 Å². The van der Waals surface area contributed by atoms with Gasteiger partial charge < -0.3 is 5.32 Å². The first-order valence-corrected chi connectivity index (χ1v) is 10.2. The van der Waals surface area contributed by atoms with Crippen LogP contribution in [0.5, 0.6) is 0 Å². The van der Waals surface area contributed by atoms with E-state index in [0.717, 1.165) is 6.42 Å². The molecule has 1 aromatic rings. The Bertz CT molecular complexity index is 682. The van der Waals surface area contributed by atoms with E-state index in [4.69, 9.17) is 0 Å². The van der Waals surface area contributed by atoms with E-state index >= 15 is 0 Å². The molecule has 5 nitrogen and oxygen atoms in total. The summed E-state index contributed by atoms with van der Waals surface area (Å²) in [5.74, 6) is -0.193. The smallest absolute Gasteiger partial charge is 0.251 e. The fourth-order valence-electron chi connectivity index (χ4n) is 3.24. The molecular formula is C19H32N2O3S. The van der Waals surface area contributed by atoms with Crippen LogP contribution in [0.1, 0.15) is 65.2 Å². The van der Waals surface area contributed by atoms with E-state index in [-0.39, 0.29) is 21.8 Å². The maximum absolute atomic E-state index is 12.5. The molecule has 142 valence electrons. The van der Waals surface area contributed by atoms with Gasteiger partial charge in [-0.15, -0.1) is 0 Å². The van der Waals surface area contributed by atoms with Gasteiger partial charge in [-0.2, -0.15) is 4.31 Å². The lowest BCUT2D eigenvalue weighted by molar-refractivity contribution is 0.0891. The van der Waals surface area contributed by atoms with E-state index in [9.17, 15) is 13.2 Å². The molecule has 1 N–H and O–H groups in total. The van der Waals surface area contributed by atoms with Crippen molar-refractivity contribution in [1.82, 2.24) is 9.62 Å². The first-order valence-electron chi connectivity index (χ1n) is 8.75. The van der Waals surface area contributed by atoms with Crippen LogP contribution < -0.4 is 5.32 Å². The van der Waals surface area contributed by atoms with Gasteiger partial charge in [0.25, 0.3) is 5.91 Å². The van der Waals surface area contributed by atoms with Gasteiger partial charge >= 0.3 is 0 Å². The van der Waals surface area contributed by atoms with Crippen molar-refractivity contribution >= 4 is 15.9 Å². The number of nitrogens with zero attached hydrogens (tertiary/aromatic N) is 1. The van der Waals surface area contributed by atoms with Gasteiger partial charge in [-0.3, -0.25) is 4.79 Å². The normalized spacial score (nSPS) is 13.1. The number of hydrogen-bond acceptors (Lipinski definition) is 3. The summed E-state index contributed by atoms with van der Waals surface area (Å²) in [4.78, 5) is 12.7. The highest BCUT2D eigenvalue weighted by atomic mass is 32.2. The molecule has 0 saturated carbocycles. The zero-order chi connectivity index (χ0) is 19.5. The molecule has 25 heavy (non-hydrogen) atoms. The summed E-state index contributed by atoms with van der Waals surface area (Å²) < 4.78 is 26.4. The van der Waals surface area contributed by atoms with Crippen LogP contribution in [-0.2, 0) is 10.0 Å². The van der Waals surface area contributed by atoms with Crippen LogP contribution >= 0.6 is 0 Å². The largest absolute Gasteiger partial charge is 0.347 e. The van der Waals surface area contributed by atoms with Crippen molar-refractivity contribution in [2.24, 2.45) is 5.41 Å². The second-order valence-corrected chi connectivity index (χ2v) is 10.1. The van der Waals surface area contributed by atoms with E-state index < -0.39 is 10.0 Å². The van der Waals surface area contributed by atoms with Crippen LogP contribution in [-0.4, -0.2) is 37.3 Å². The highest BCUT2D eigenvalue weighted by molar-refractivity contribution is 7.89. The molecule has 0 heterocycles. The van der Waals surface area contributed by atoms with Crippen LogP contribution in [0, 0.1) is 5.41 Å². The Labute approximate surface area is 152 Å². The van der Waals surface area contributed by atoms with Crippen LogP contribution in [0.3, 0.4) is 0 Å². The van der Waals surface area contributed by atoms with Crippen molar-refractivity contribution in [3.63, 3.8) is 0 Å². The van der Waals surface area contributed by atoms with Crippen molar-refractivity contribution in [2.45, 2.75) is 65.3 Å². The molecule has 0 unspecified atom stereocenters. The molecular weight excluding hydrogens is 336 g/mol. The van der Waals surface area contributed by atoms with Crippen LogP contribution in [0.15, 0.2) is 29.2 Å². The third-order valence-electron chi connectivity index (χ3n) is 3.88. The summed E-state index contributed by atoms with van der Waals surface area (Å²) >= 11 is 0. The fourth-order valence-corrected chi connectivity index (χ4v) is 4.70. The second-order valence-electron chi connectivity index (χ2n) is 8.19. The van der Waals surface area contributed by atoms with Gasteiger partial charge in [0.15, 0.2) is 0 Å². The summed E-state index contributed by atoms with van der Waals surface area (Å²) in [6.07, 6.45) is 0.833. The van der Waals surface area contributed by atoms with Crippen LogP contribution in [0.2, 0.25) is 0 Å². The van der Waals surface area contributed by atoms with E-state index in [2.05, 4.69) is 26.1 Å². The molecule has 0 aliphatic carbocycles. The molecule has 1 amide bonds. The predicted molar refractivity (Wildman–Crippen MR) is 102 cm³/mol. The third kappa shape index (κ3) is 6.12. The Morgan fingerprint density at radius 3 is 1.88 bits per heavy atom. The van der Waals surface area contributed by atoms with Crippen LogP contribution in [0.25, 0.3) is 0 Å². The van der Waals surface area contributed by atoms with E-state index in [1.54, 1.807) is 26.0 Å². The van der Waals surface area contributed by atoms with Crippen molar-refractivity contribution in [2.75, 3.05) is 13.1 Å². The van der Waals surface area contributed by atoms with Gasteiger partial charge in [-0.05, 0) is 49.9 Å². The molecule has 0 radical (unpaired) electrons. The topological polar surface area (TPSA) is 66.5 Å². The lowest BCUT2D eigenvalue weighted by atomic mass is 9.81. The summed E-state index contributed by atoms with van der Waals surface area (Å²) in [7, 11) is -3.50. The average molecular weight is 369 g/mol. The number of carbonyl (C=O) groups is 1. The predicted octanol–water partition coefficient (Wildman–Crippen LogP) is 3.66. The zero-order valence-corrected chi connectivity index (χ0v) is 17.3. The lowest BCUT2D eigenvalue weighted by Crippen LogP contribution is -2.45. The standard InChI is InChI=1S/C19H32N2O3S/c1-8-21(9-2)25(23,24)16-12-10-15(11-13-16)17(22)20-19(6,7)14-18(3,4)5/h10-13H,8-9,14H2,1-7H3,(H,20,22). The van der Waals surface area contributed by atoms with Gasteiger partial charge in [-0.1, -0.05) is 34.6 Å². The van der Waals surface area contributed by atoms with Gasteiger partial charge in [0, 0.05) is 24.2 Å². The summed E-state index contributed by atoms with van der Waals surface area (Å²) in [5.41, 5.74) is 0.209. The van der Waals surface area contributed by atoms with E-state index in [0.29, 0.717) is 18.7 Å². The zero-order valence-electron chi connectivity index (χ0n) is 16.5. The molecule has 0 aliphatic heterocycles. The first kappa shape index (κ1) is 21.6. The highest BCUT2D eigenvalue weighted by Gasteiger charge is 2.28. The average Bonchev–Trinajstić information content (AvgIpc) is 2.45.